The van der Waals surface area contributed by atoms with Crippen LogP contribution < -0.4 is 10.5 Å². The lowest BCUT2D eigenvalue weighted by atomic mass is 10.3. The fourth-order valence-corrected chi connectivity index (χ4v) is 1.82. The molecule has 7 heteroatoms. The second kappa shape index (κ2) is 10.3. The zero-order valence-electron chi connectivity index (χ0n) is 11.1. The summed E-state index contributed by atoms with van der Waals surface area (Å²) < 4.78 is 1.91. The Kier molecular flexibility index (Phi) is 9.68. The molecule has 0 saturated carbocycles. The molecule has 5 nitrogen and oxygen atoms in total. The Morgan fingerprint density at radius 3 is 1.77 bits per heavy atom. The molecule has 0 saturated heterocycles. The predicted molar refractivity (Wildman–Crippen MR) is 95.4 cm³/mol. The minimum absolute atomic E-state index is 0. The predicted octanol–water partition coefficient (Wildman–Crippen LogP) is 5.08. The zero-order chi connectivity index (χ0) is 15.8. The highest BCUT2D eigenvalue weighted by molar-refractivity contribution is 9.10. The van der Waals surface area contributed by atoms with Crippen molar-refractivity contribution < 1.29 is 15.2 Å². The Balaban J connectivity index is 0.000000397. The van der Waals surface area contributed by atoms with E-state index in [9.17, 15) is 4.79 Å². The summed E-state index contributed by atoms with van der Waals surface area (Å²) >= 11 is 6.51. The van der Waals surface area contributed by atoms with Crippen LogP contribution in [0.5, 0.6) is 0 Å². The third-order valence-corrected chi connectivity index (χ3v) is 3.40. The Labute approximate surface area is 146 Å². The number of benzene rings is 2. The van der Waals surface area contributed by atoms with E-state index >= 15 is 0 Å². The molecule has 0 aliphatic rings. The van der Waals surface area contributed by atoms with Gasteiger partial charge in [-0.1, -0.05) is 39.3 Å². The molecule has 0 bridgehead atoms. The maximum Gasteiger partial charge on any atom is 0.247 e. The molecule has 2 aromatic rings. The maximum absolute atomic E-state index is 10.7. The molecule has 0 atom stereocenters. The molecule has 3 N–H and O–H groups in total. The van der Waals surface area contributed by atoms with Crippen LogP contribution in [-0.4, -0.2) is 16.3 Å². The Hall–Kier alpha value is -1.41. The van der Waals surface area contributed by atoms with Gasteiger partial charge in [-0.2, -0.15) is 5.06 Å². The number of carbonyl (C=O) groups excluding carboxylic acids is 1. The Morgan fingerprint density at radius 1 is 1.00 bits per heavy atom. The Morgan fingerprint density at radius 2 is 1.41 bits per heavy atom. The first-order valence-corrected chi connectivity index (χ1v) is 7.43. The van der Waals surface area contributed by atoms with Gasteiger partial charge >= 0.3 is 0 Å². The highest BCUT2D eigenvalue weighted by Gasteiger charge is 2.06. The van der Waals surface area contributed by atoms with Gasteiger partial charge in [0.1, 0.15) is 0 Å². The summed E-state index contributed by atoms with van der Waals surface area (Å²) in [6.45, 7) is 1.29. The first kappa shape index (κ1) is 20.6. The van der Waals surface area contributed by atoms with Gasteiger partial charge in [-0.3, -0.25) is 20.7 Å². The fourth-order valence-electron chi connectivity index (χ4n) is 1.29. The van der Waals surface area contributed by atoms with Crippen molar-refractivity contribution in [3.8, 4) is 0 Å². The molecule has 2 rings (SSSR count). The van der Waals surface area contributed by atoms with Gasteiger partial charge < -0.3 is 0 Å². The minimum atomic E-state index is -0.405. The molecule has 22 heavy (non-hydrogen) atoms. The van der Waals surface area contributed by atoms with Gasteiger partial charge in [0, 0.05) is 15.9 Å². The summed E-state index contributed by atoms with van der Waals surface area (Å²) in [4.78, 5) is 10.7. The van der Waals surface area contributed by atoms with Crippen molar-refractivity contribution in [1.82, 2.24) is 0 Å². The van der Waals surface area contributed by atoms with Gasteiger partial charge in [0.2, 0.25) is 5.91 Å². The third-order valence-electron chi connectivity index (χ3n) is 2.34. The number of amides is 1. The topological polar surface area (TPSA) is 72.8 Å². The van der Waals surface area contributed by atoms with Crippen LogP contribution in [0.15, 0.2) is 57.5 Å². The standard InChI is InChI=1S/C8H8BrNO2.C6H6BrNO.CH4/c1-6(11)10(12)8-4-2-7(9)3-5-8;7-5-1-3-6(8-9)4-2-5;/h2-5,12H,1H3;1-4,8-9H;1H4. The molecule has 0 fully saturated rings. The molecule has 1 amide bonds. The van der Waals surface area contributed by atoms with E-state index < -0.39 is 5.91 Å². The summed E-state index contributed by atoms with van der Waals surface area (Å²) in [6.07, 6.45) is 0. The van der Waals surface area contributed by atoms with Gasteiger partial charge in [-0.15, -0.1) is 0 Å². The van der Waals surface area contributed by atoms with E-state index in [0.717, 1.165) is 8.95 Å². The second-order valence-electron chi connectivity index (χ2n) is 3.93. The highest BCUT2D eigenvalue weighted by Crippen LogP contribution is 2.16. The van der Waals surface area contributed by atoms with Crippen LogP contribution in [0.25, 0.3) is 0 Å². The minimum Gasteiger partial charge on any atom is -0.291 e. The SMILES string of the molecule is C.CC(=O)N(O)c1ccc(Br)cc1.ONc1ccc(Br)cc1. The molecule has 0 aliphatic heterocycles. The lowest BCUT2D eigenvalue weighted by Crippen LogP contribution is -2.23. The number of carbonyl (C=O) groups is 1. The van der Waals surface area contributed by atoms with Gasteiger partial charge in [0.25, 0.3) is 0 Å². The van der Waals surface area contributed by atoms with Crippen molar-refractivity contribution in [3.63, 3.8) is 0 Å². The monoisotopic (exact) mass is 432 g/mol. The van der Waals surface area contributed by atoms with E-state index in [-0.39, 0.29) is 7.43 Å². The molecule has 0 radical (unpaired) electrons. The lowest BCUT2D eigenvalue weighted by Gasteiger charge is -2.11. The van der Waals surface area contributed by atoms with Crippen LogP contribution in [0.3, 0.4) is 0 Å². The van der Waals surface area contributed by atoms with E-state index in [1.165, 1.54) is 6.92 Å². The largest absolute Gasteiger partial charge is 0.291 e. The molecule has 2 aromatic carbocycles. The van der Waals surface area contributed by atoms with Crippen molar-refractivity contribution in [1.29, 1.82) is 0 Å². The summed E-state index contributed by atoms with van der Waals surface area (Å²) in [5.41, 5.74) is 3.19. The number of nitrogens with zero attached hydrogens (tertiary/aromatic N) is 1. The van der Waals surface area contributed by atoms with E-state index in [1.807, 2.05) is 17.6 Å². The number of hydrogen-bond donors (Lipinski definition) is 3. The van der Waals surface area contributed by atoms with E-state index in [4.69, 9.17) is 10.4 Å². The van der Waals surface area contributed by atoms with Gasteiger partial charge in [-0.05, 0) is 48.5 Å². The normalized spacial score (nSPS) is 8.95. The van der Waals surface area contributed by atoms with E-state index in [0.29, 0.717) is 16.4 Å². The summed E-state index contributed by atoms with van der Waals surface area (Å²) in [6, 6.07) is 14.0. The van der Waals surface area contributed by atoms with Crippen molar-refractivity contribution >= 4 is 49.1 Å². The number of anilines is 2. The molecular weight excluding hydrogens is 416 g/mol. The van der Waals surface area contributed by atoms with Crippen LogP contribution in [-0.2, 0) is 4.79 Å². The fraction of sp³-hybridized carbons (Fsp3) is 0.133. The average Bonchev–Trinajstić information content (AvgIpc) is 2.49. The first-order valence-electron chi connectivity index (χ1n) is 5.85. The Bertz CT molecular complexity index is 574. The van der Waals surface area contributed by atoms with Crippen LogP contribution in [0.4, 0.5) is 11.4 Å². The molecule has 0 aromatic heterocycles. The number of rotatable bonds is 2. The molecule has 0 spiro atoms. The molecule has 0 aliphatic carbocycles. The summed E-state index contributed by atoms with van der Waals surface area (Å²) in [7, 11) is 0. The quantitative estimate of drug-likeness (QED) is 0.456. The van der Waals surface area contributed by atoms with Gasteiger partial charge in [0.05, 0.1) is 11.4 Å². The smallest absolute Gasteiger partial charge is 0.247 e. The number of hydrogen-bond acceptors (Lipinski definition) is 4. The molecule has 120 valence electrons. The molecular formula is C15H18Br2N2O3. The van der Waals surface area contributed by atoms with E-state index in [2.05, 4.69) is 31.9 Å². The highest BCUT2D eigenvalue weighted by atomic mass is 79.9. The number of hydroxylamine groups is 1. The van der Waals surface area contributed by atoms with Crippen LogP contribution in [0.2, 0.25) is 0 Å². The number of nitrogens with one attached hydrogen (secondary N) is 1. The first-order chi connectivity index (χ1) is 9.93. The van der Waals surface area contributed by atoms with Crippen LogP contribution in [0.1, 0.15) is 14.4 Å². The van der Waals surface area contributed by atoms with Gasteiger partial charge in [0.15, 0.2) is 0 Å². The number of halogens is 2. The van der Waals surface area contributed by atoms with Crippen molar-refractivity contribution in [2.45, 2.75) is 14.4 Å². The molecule has 0 heterocycles. The lowest BCUT2D eigenvalue weighted by molar-refractivity contribution is -0.121. The molecule has 0 unspecified atom stereocenters. The van der Waals surface area contributed by atoms with Crippen LogP contribution >= 0.6 is 31.9 Å². The summed E-state index contributed by atoms with van der Waals surface area (Å²) in [5, 5.41) is 18.1. The second-order valence-corrected chi connectivity index (χ2v) is 5.76. The van der Waals surface area contributed by atoms with Crippen molar-refractivity contribution in [2.75, 3.05) is 10.5 Å². The van der Waals surface area contributed by atoms with Crippen molar-refractivity contribution in [3.05, 3.63) is 57.5 Å². The maximum atomic E-state index is 10.7. The summed E-state index contributed by atoms with van der Waals surface area (Å²) in [5.74, 6) is -0.405. The van der Waals surface area contributed by atoms with Crippen molar-refractivity contribution in [2.24, 2.45) is 0 Å². The zero-order valence-corrected chi connectivity index (χ0v) is 14.3. The van der Waals surface area contributed by atoms with E-state index in [1.54, 1.807) is 36.4 Å². The average molecular weight is 434 g/mol. The van der Waals surface area contributed by atoms with Crippen LogP contribution in [0, 0.1) is 0 Å². The third kappa shape index (κ3) is 7.04. The van der Waals surface area contributed by atoms with Gasteiger partial charge in [-0.25, -0.2) is 0 Å².